The number of nitrogens with one attached hydrogen (secondary N) is 1. The quantitative estimate of drug-likeness (QED) is 0.725. The molecule has 2 saturated heterocycles. The minimum Gasteiger partial charge on any atom is -0.377 e. The Morgan fingerprint density at radius 1 is 1.37 bits per heavy atom. The second kappa shape index (κ2) is 7.82. The zero-order chi connectivity index (χ0) is 13.5. The number of nitrogens with zero attached hydrogens (tertiary/aromatic N) is 1. The lowest BCUT2D eigenvalue weighted by Crippen LogP contribution is -2.49. The number of ether oxygens (including phenoxy) is 2. The molecular formula is C14H26N2O3. The first-order chi connectivity index (χ1) is 9.31. The van der Waals surface area contributed by atoms with Crippen molar-refractivity contribution in [2.45, 2.75) is 44.2 Å². The predicted octanol–water partition coefficient (Wildman–Crippen LogP) is 0.783. The highest BCUT2D eigenvalue weighted by atomic mass is 16.5. The second-order valence-electron chi connectivity index (χ2n) is 5.37. The summed E-state index contributed by atoms with van der Waals surface area (Å²) in [5.41, 5.74) is 0. The Morgan fingerprint density at radius 2 is 2.26 bits per heavy atom. The van der Waals surface area contributed by atoms with E-state index in [1.807, 2.05) is 0 Å². The van der Waals surface area contributed by atoms with Gasteiger partial charge in [-0.3, -0.25) is 9.69 Å². The van der Waals surface area contributed by atoms with Crippen LogP contribution in [0, 0.1) is 0 Å². The molecule has 1 amide bonds. The minimum absolute atomic E-state index is 0.0325. The fraction of sp³-hybridized carbons (Fsp3) is 0.929. The van der Waals surface area contributed by atoms with Crippen LogP contribution in [0.15, 0.2) is 0 Å². The topological polar surface area (TPSA) is 50.8 Å². The molecule has 2 aliphatic rings. The molecule has 2 rings (SSSR count). The van der Waals surface area contributed by atoms with E-state index in [9.17, 15) is 4.79 Å². The average Bonchev–Trinajstić information content (AvgIpc) is 2.96. The van der Waals surface area contributed by atoms with Crippen LogP contribution >= 0.6 is 0 Å². The average molecular weight is 270 g/mol. The third-order valence-corrected chi connectivity index (χ3v) is 4.01. The van der Waals surface area contributed by atoms with E-state index in [1.54, 1.807) is 7.05 Å². The van der Waals surface area contributed by atoms with E-state index in [1.165, 1.54) is 6.42 Å². The Hall–Kier alpha value is -0.650. The van der Waals surface area contributed by atoms with E-state index >= 15 is 0 Å². The molecule has 2 aliphatic heterocycles. The van der Waals surface area contributed by atoms with E-state index < -0.39 is 0 Å². The van der Waals surface area contributed by atoms with Gasteiger partial charge in [0.15, 0.2) is 0 Å². The van der Waals surface area contributed by atoms with E-state index in [0.29, 0.717) is 13.2 Å². The molecule has 5 heteroatoms. The van der Waals surface area contributed by atoms with Crippen molar-refractivity contribution >= 4 is 5.91 Å². The van der Waals surface area contributed by atoms with Crippen LogP contribution in [0.2, 0.25) is 0 Å². The van der Waals surface area contributed by atoms with Gasteiger partial charge in [0, 0.05) is 20.2 Å². The van der Waals surface area contributed by atoms with Gasteiger partial charge in [-0.15, -0.1) is 0 Å². The van der Waals surface area contributed by atoms with Gasteiger partial charge < -0.3 is 14.8 Å². The van der Waals surface area contributed by atoms with E-state index in [-0.39, 0.29) is 18.1 Å². The molecule has 0 unspecified atom stereocenters. The minimum atomic E-state index is 0.0325. The smallest absolute Gasteiger partial charge is 0.237 e. The van der Waals surface area contributed by atoms with Crippen molar-refractivity contribution in [3.63, 3.8) is 0 Å². The Bertz CT molecular complexity index is 280. The zero-order valence-electron chi connectivity index (χ0n) is 11.9. The molecule has 19 heavy (non-hydrogen) atoms. The lowest BCUT2D eigenvalue weighted by molar-refractivity contribution is -0.127. The first kappa shape index (κ1) is 14.8. The molecule has 0 saturated carbocycles. The molecule has 5 nitrogen and oxygen atoms in total. The first-order valence-corrected chi connectivity index (χ1v) is 7.46. The van der Waals surface area contributed by atoms with E-state index in [0.717, 1.165) is 45.4 Å². The van der Waals surface area contributed by atoms with Gasteiger partial charge in [-0.05, 0) is 32.2 Å². The maximum Gasteiger partial charge on any atom is 0.237 e. The van der Waals surface area contributed by atoms with Gasteiger partial charge in [-0.25, -0.2) is 0 Å². The van der Waals surface area contributed by atoms with E-state index in [4.69, 9.17) is 9.47 Å². The maximum absolute atomic E-state index is 11.8. The number of piperidine rings is 1. The maximum atomic E-state index is 11.8. The molecule has 2 heterocycles. The predicted molar refractivity (Wildman–Crippen MR) is 73.1 cm³/mol. The van der Waals surface area contributed by atoms with Crippen molar-refractivity contribution in [3.8, 4) is 0 Å². The van der Waals surface area contributed by atoms with Gasteiger partial charge >= 0.3 is 0 Å². The van der Waals surface area contributed by atoms with Gasteiger partial charge in [-0.2, -0.15) is 0 Å². The molecule has 0 aromatic heterocycles. The van der Waals surface area contributed by atoms with Crippen LogP contribution in [0.5, 0.6) is 0 Å². The molecule has 2 fully saturated rings. The molecule has 2 atom stereocenters. The number of carbonyl (C=O) groups excluding carboxylic acids is 1. The van der Waals surface area contributed by atoms with Crippen molar-refractivity contribution in [1.29, 1.82) is 0 Å². The number of hydrogen-bond acceptors (Lipinski definition) is 4. The first-order valence-electron chi connectivity index (χ1n) is 7.46. The molecule has 110 valence electrons. The molecule has 1 N–H and O–H groups in total. The third kappa shape index (κ3) is 4.44. The number of rotatable bonds is 6. The highest BCUT2D eigenvalue weighted by molar-refractivity contribution is 5.81. The molecule has 0 radical (unpaired) electrons. The summed E-state index contributed by atoms with van der Waals surface area (Å²) in [5.74, 6) is 0.138. The Labute approximate surface area is 115 Å². The van der Waals surface area contributed by atoms with Crippen molar-refractivity contribution < 1.29 is 14.3 Å². The van der Waals surface area contributed by atoms with Crippen molar-refractivity contribution in [1.82, 2.24) is 10.2 Å². The number of likely N-dealkylation sites (N-methyl/N-ethyl adjacent to an activating group) is 1. The van der Waals surface area contributed by atoms with Crippen LogP contribution in [0.4, 0.5) is 0 Å². The molecule has 0 spiro atoms. The van der Waals surface area contributed by atoms with Crippen LogP contribution in [0.1, 0.15) is 32.1 Å². The summed E-state index contributed by atoms with van der Waals surface area (Å²) in [6.45, 7) is 4.09. The van der Waals surface area contributed by atoms with Gasteiger partial charge in [0.2, 0.25) is 5.91 Å². The molecule has 0 bridgehead atoms. The summed E-state index contributed by atoms with van der Waals surface area (Å²) < 4.78 is 11.2. The van der Waals surface area contributed by atoms with E-state index in [2.05, 4.69) is 10.2 Å². The van der Waals surface area contributed by atoms with Crippen LogP contribution in [0.3, 0.4) is 0 Å². The van der Waals surface area contributed by atoms with Gasteiger partial charge in [0.05, 0.1) is 25.4 Å². The normalized spacial score (nSPS) is 28.5. The summed E-state index contributed by atoms with van der Waals surface area (Å²) in [4.78, 5) is 14.1. The van der Waals surface area contributed by atoms with Crippen LogP contribution in [0.25, 0.3) is 0 Å². The third-order valence-electron chi connectivity index (χ3n) is 4.01. The lowest BCUT2D eigenvalue weighted by atomic mass is 10.0. The van der Waals surface area contributed by atoms with Crippen LogP contribution in [-0.2, 0) is 14.3 Å². The SMILES string of the molecule is CNC(=O)[C@H]1CCCCN1CCOC[C@@H]1CCCO1. The Kier molecular flexibility index (Phi) is 6.07. The number of hydrogen-bond donors (Lipinski definition) is 1. The molecule has 0 aliphatic carbocycles. The summed E-state index contributed by atoms with van der Waals surface area (Å²) in [6, 6.07) is 0.0325. The molecule has 0 aromatic rings. The van der Waals surface area contributed by atoms with Gasteiger partial charge in [0.25, 0.3) is 0 Å². The monoisotopic (exact) mass is 270 g/mol. The van der Waals surface area contributed by atoms with Gasteiger partial charge in [0.1, 0.15) is 0 Å². The highest BCUT2D eigenvalue weighted by Gasteiger charge is 2.27. The van der Waals surface area contributed by atoms with Crippen LogP contribution < -0.4 is 5.32 Å². The standard InChI is InChI=1S/C14H26N2O3/c1-15-14(17)13-6-2-3-7-16(13)8-10-18-11-12-5-4-9-19-12/h12-13H,2-11H2,1H3,(H,15,17)/t12-,13+/m0/s1. The van der Waals surface area contributed by atoms with Crippen molar-refractivity contribution in [3.05, 3.63) is 0 Å². The number of likely N-dealkylation sites (tertiary alicyclic amines) is 1. The molecular weight excluding hydrogens is 244 g/mol. The lowest BCUT2D eigenvalue weighted by Gasteiger charge is -2.34. The summed E-state index contributed by atoms with van der Waals surface area (Å²) >= 11 is 0. The van der Waals surface area contributed by atoms with Crippen LogP contribution in [-0.4, -0.2) is 62.9 Å². The van der Waals surface area contributed by atoms with Crippen molar-refractivity contribution in [2.24, 2.45) is 0 Å². The summed E-state index contributed by atoms with van der Waals surface area (Å²) in [5, 5.41) is 2.76. The number of amides is 1. The summed E-state index contributed by atoms with van der Waals surface area (Å²) in [6.07, 6.45) is 5.84. The summed E-state index contributed by atoms with van der Waals surface area (Å²) in [7, 11) is 1.71. The zero-order valence-corrected chi connectivity index (χ0v) is 11.9. The molecule has 0 aromatic carbocycles. The van der Waals surface area contributed by atoms with Gasteiger partial charge in [-0.1, -0.05) is 6.42 Å². The number of carbonyl (C=O) groups is 1. The fourth-order valence-electron chi connectivity index (χ4n) is 2.89. The van der Waals surface area contributed by atoms with Crippen molar-refractivity contribution in [2.75, 3.05) is 40.0 Å². The fourth-order valence-corrected chi connectivity index (χ4v) is 2.89. The second-order valence-corrected chi connectivity index (χ2v) is 5.37. The largest absolute Gasteiger partial charge is 0.377 e. The Balaban J connectivity index is 1.66. The highest BCUT2D eigenvalue weighted by Crippen LogP contribution is 2.17. The Morgan fingerprint density at radius 3 is 3.00 bits per heavy atom.